The van der Waals surface area contributed by atoms with E-state index >= 15 is 0 Å². The average molecular weight is 279 g/mol. The highest BCUT2D eigenvalue weighted by Gasteiger charge is 2.42. The van der Waals surface area contributed by atoms with Crippen molar-refractivity contribution < 1.29 is 14.3 Å². The minimum absolute atomic E-state index is 0. The summed E-state index contributed by atoms with van der Waals surface area (Å²) < 4.78 is 10.8. The largest absolute Gasteiger partial charge is 0.381 e. The number of amides is 1. The molecule has 1 unspecified atom stereocenters. The van der Waals surface area contributed by atoms with Crippen LogP contribution in [-0.2, 0) is 14.3 Å². The highest BCUT2D eigenvalue weighted by atomic mass is 35.5. The maximum Gasteiger partial charge on any atom is 0.230 e. The molecule has 5 nitrogen and oxygen atoms in total. The highest BCUT2D eigenvalue weighted by molar-refractivity contribution is 5.85. The van der Waals surface area contributed by atoms with Crippen LogP contribution in [0.1, 0.15) is 19.8 Å². The number of hydrogen-bond acceptors (Lipinski definition) is 4. The van der Waals surface area contributed by atoms with Gasteiger partial charge in [0.25, 0.3) is 0 Å². The number of halogens is 1. The van der Waals surface area contributed by atoms with Gasteiger partial charge in [0.1, 0.15) is 0 Å². The van der Waals surface area contributed by atoms with Crippen LogP contribution < -0.4 is 5.73 Å². The topological polar surface area (TPSA) is 64.8 Å². The summed E-state index contributed by atoms with van der Waals surface area (Å²) >= 11 is 0. The second kappa shape index (κ2) is 6.70. The normalized spacial score (nSPS) is 27.4. The predicted molar refractivity (Wildman–Crippen MR) is 70.8 cm³/mol. The van der Waals surface area contributed by atoms with Gasteiger partial charge in [0.15, 0.2) is 0 Å². The van der Waals surface area contributed by atoms with Crippen molar-refractivity contribution in [1.29, 1.82) is 0 Å². The summed E-state index contributed by atoms with van der Waals surface area (Å²) in [6.45, 7) is 5.70. The molecule has 2 rings (SSSR count). The molecule has 2 aliphatic rings. The van der Waals surface area contributed by atoms with E-state index in [4.69, 9.17) is 15.2 Å². The lowest BCUT2D eigenvalue weighted by atomic mass is 9.78. The van der Waals surface area contributed by atoms with Gasteiger partial charge in [-0.25, -0.2) is 0 Å². The fraction of sp³-hybridized carbons (Fsp3) is 0.917. The Kier molecular flexibility index (Phi) is 5.85. The van der Waals surface area contributed by atoms with Crippen molar-refractivity contribution in [3.63, 3.8) is 0 Å². The summed E-state index contributed by atoms with van der Waals surface area (Å²) in [7, 11) is 0. The van der Waals surface area contributed by atoms with Gasteiger partial charge in [0.2, 0.25) is 5.91 Å². The number of ether oxygens (including phenoxy) is 2. The first-order valence-corrected chi connectivity index (χ1v) is 6.37. The summed E-state index contributed by atoms with van der Waals surface area (Å²) in [6, 6.07) is 0. The van der Waals surface area contributed by atoms with Gasteiger partial charge < -0.3 is 20.1 Å². The zero-order valence-corrected chi connectivity index (χ0v) is 11.7. The summed E-state index contributed by atoms with van der Waals surface area (Å²) in [5.41, 5.74) is 5.45. The molecule has 0 aromatic carbocycles. The minimum atomic E-state index is -0.394. The van der Waals surface area contributed by atoms with Crippen LogP contribution in [0.25, 0.3) is 0 Å². The summed E-state index contributed by atoms with van der Waals surface area (Å²) in [5, 5.41) is 0. The standard InChI is InChI=1S/C12H22N2O3.ClH/c1-10-8-14(4-7-17-10)11(15)12(9-13)2-5-16-6-3-12;/h10H,2-9,13H2,1H3;1H. The smallest absolute Gasteiger partial charge is 0.230 e. The van der Waals surface area contributed by atoms with Gasteiger partial charge in [-0.1, -0.05) is 0 Å². The Bertz CT molecular complexity index is 282. The van der Waals surface area contributed by atoms with Gasteiger partial charge in [0, 0.05) is 32.8 Å². The van der Waals surface area contributed by atoms with E-state index in [1.165, 1.54) is 0 Å². The van der Waals surface area contributed by atoms with Crippen LogP contribution in [0.15, 0.2) is 0 Å². The second-order valence-corrected chi connectivity index (χ2v) is 5.03. The first-order valence-electron chi connectivity index (χ1n) is 6.37. The Morgan fingerprint density at radius 2 is 2.06 bits per heavy atom. The molecule has 0 bridgehead atoms. The van der Waals surface area contributed by atoms with E-state index in [1.807, 2.05) is 11.8 Å². The van der Waals surface area contributed by atoms with Crippen molar-refractivity contribution >= 4 is 18.3 Å². The SMILES string of the molecule is CC1CN(C(=O)C2(CN)CCOCC2)CCO1.Cl. The quantitative estimate of drug-likeness (QED) is 0.795. The number of nitrogens with zero attached hydrogens (tertiary/aromatic N) is 1. The molecule has 0 aliphatic carbocycles. The molecule has 18 heavy (non-hydrogen) atoms. The molecule has 106 valence electrons. The summed E-state index contributed by atoms with van der Waals surface area (Å²) in [5.74, 6) is 0.193. The third kappa shape index (κ3) is 3.15. The zero-order chi connectivity index (χ0) is 12.3. The molecule has 2 N–H and O–H groups in total. The van der Waals surface area contributed by atoms with Gasteiger partial charge in [-0.2, -0.15) is 0 Å². The van der Waals surface area contributed by atoms with Crippen molar-refractivity contribution in [3.05, 3.63) is 0 Å². The Hall–Kier alpha value is -0.360. The fourth-order valence-electron chi connectivity index (χ4n) is 2.61. The van der Waals surface area contributed by atoms with E-state index in [9.17, 15) is 4.79 Å². The number of nitrogens with two attached hydrogens (primary N) is 1. The van der Waals surface area contributed by atoms with Gasteiger partial charge in [0.05, 0.1) is 18.1 Å². The van der Waals surface area contributed by atoms with E-state index < -0.39 is 5.41 Å². The van der Waals surface area contributed by atoms with Crippen LogP contribution >= 0.6 is 12.4 Å². The second-order valence-electron chi connectivity index (χ2n) is 5.03. The predicted octanol–water partition coefficient (Wildman–Crippen LogP) is 0.411. The van der Waals surface area contributed by atoms with E-state index in [0.29, 0.717) is 39.5 Å². The average Bonchev–Trinajstić information content (AvgIpc) is 2.38. The Morgan fingerprint density at radius 3 is 2.61 bits per heavy atom. The van der Waals surface area contributed by atoms with Crippen LogP contribution in [0.4, 0.5) is 0 Å². The lowest BCUT2D eigenvalue weighted by molar-refractivity contribution is -0.154. The molecule has 2 heterocycles. The van der Waals surface area contributed by atoms with Gasteiger partial charge in [-0.3, -0.25) is 4.79 Å². The summed E-state index contributed by atoms with van der Waals surface area (Å²) in [4.78, 5) is 14.5. The molecule has 6 heteroatoms. The lowest BCUT2D eigenvalue weighted by Gasteiger charge is -2.41. The molecule has 2 fully saturated rings. The molecule has 1 amide bonds. The number of carbonyl (C=O) groups excluding carboxylic acids is 1. The molecule has 0 aromatic rings. The third-order valence-corrected chi connectivity index (χ3v) is 3.82. The van der Waals surface area contributed by atoms with Crippen LogP contribution in [0.5, 0.6) is 0 Å². The molecule has 1 atom stereocenters. The van der Waals surface area contributed by atoms with Crippen LogP contribution in [0.3, 0.4) is 0 Å². The molecule has 2 saturated heterocycles. The zero-order valence-electron chi connectivity index (χ0n) is 10.9. The summed E-state index contributed by atoms with van der Waals surface area (Å²) in [6.07, 6.45) is 1.62. The van der Waals surface area contributed by atoms with Crippen LogP contribution in [-0.4, -0.2) is 56.4 Å². The maximum atomic E-state index is 12.6. The Labute approximate surface area is 114 Å². The molecular weight excluding hydrogens is 256 g/mol. The molecule has 0 spiro atoms. The van der Waals surface area contributed by atoms with Gasteiger partial charge in [-0.15, -0.1) is 12.4 Å². The van der Waals surface area contributed by atoms with Gasteiger partial charge in [-0.05, 0) is 19.8 Å². The Balaban J connectivity index is 0.00000162. The minimum Gasteiger partial charge on any atom is -0.381 e. The number of morpholine rings is 1. The highest BCUT2D eigenvalue weighted by Crippen LogP contribution is 2.32. The van der Waals surface area contributed by atoms with E-state index in [-0.39, 0.29) is 24.4 Å². The van der Waals surface area contributed by atoms with E-state index in [1.54, 1.807) is 0 Å². The van der Waals surface area contributed by atoms with E-state index in [0.717, 1.165) is 12.8 Å². The number of rotatable bonds is 2. The van der Waals surface area contributed by atoms with Crippen molar-refractivity contribution in [2.45, 2.75) is 25.9 Å². The van der Waals surface area contributed by atoms with Crippen molar-refractivity contribution in [1.82, 2.24) is 4.90 Å². The van der Waals surface area contributed by atoms with Crippen molar-refractivity contribution in [2.75, 3.05) is 39.5 Å². The maximum absolute atomic E-state index is 12.6. The number of carbonyl (C=O) groups is 1. The molecule has 2 aliphatic heterocycles. The first-order chi connectivity index (χ1) is 8.18. The third-order valence-electron chi connectivity index (χ3n) is 3.82. The first kappa shape index (κ1) is 15.7. The number of hydrogen-bond donors (Lipinski definition) is 1. The van der Waals surface area contributed by atoms with Crippen LogP contribution in [0.2, 0.25) is 0 Å². The molecule has 0 aromatic heterocycles. The Morgan fingerprint density at radius 1 is 1.39 bits per heavy atom. The molecule has 0 radical (unpaired) electrons. The molecular formula is C12H23ClN2O3. The molecule has 0 saturated carbocycles. The van der Waals surface area contributed by atoms with E-state index in [2.05, 4.69) is 0 Å². The van der Waals surface area contributed by atoms with Crippen molar-refractivity contribution in [2.24, 2.45) is 11.1 Å². The van der Waals surface area contributed by atoms with Gasteiger partial charge >= 0.3 is 0 Å². The lowest BCUT2D eigenvalue weighted by Crippen LogP contribution is -2.54. The monoisotopic (exact) mass is 278 g/mol. The van der Waals surface area contributed by atoms with Crippen LogP contribution in [0, 0.1) is 5.41 Å². The fourth-order valence-corrected chi connectivity index (χ4v) is 2.61. The van der Waals surface area contributed by atoms with Crippen molar-refractivity contribution in [3.8, 4) is 0 Å².